The number of carbonyl (C=O) groups is 2. The number of hydrogen-bond acceptors (Lipinski definition) is 5. The second kappa shape index (κ2) is 60.9. The molecule has 71 heavy (non-hydrogen) atoms. The van der Waals surface area contributed by atoms with Crippen LogP contribution in [0.25, 0.3) is 0 Å². The molecule has 0 fully saturated rings. The third-order valence-electron chi connectivity index (χ3n) is 15.0. The van der Waals surface area contributed by atoms with Crippen LogP contribution in [-0.2, 0) is 14.3 Å². The molecule has 6 heteroatoms. The molecule has 0 saturated carbocycles. The van der Waals surface area contributed by atoms with E-state index in [-0.39, 0.29) is 18.5 Å². The summed E-state index contributed by atoms with van der Waals surface area (Å²) in [7, 11) is 0. The van der Waals surface area contributed by atoms with Crippen molar-refractivity contribution in [3.05, 3.63) is 24.3 Å². The maximum absolute atomic E-state index is 12.5. The van der Waals surface area contributed by atoms with Gasteiger partial charge in [-0.05, 0) is 77.0 Å². The van der Waals surface area contributed by atoms with E-state index < -0.39 is 12.1 Å². The summed E-state index contributed by atoms with van der Waals surface area (Å²) in [5, 5.41) is 23.2. The molecule has 0 bridgehead atoms. The number of allylic oxidation sites excluding steroid dienone is 4. The van der Waals surface area contributed by atoms with E-state index in [1.165, 1.54) is 276 Å². The molecule has 0 rings (SSSR count). The minimum Gasteiger partial charge on any atom is -0.466 e. The number of ether oxygens (including phenoxy) is 1. The van der Waals surface area contributed by atoms with Crippen LogP contribution in [0.3, 0.4) is 0 Å². The fourth-order valence-electron chi connectivity index (χ4n) is 10.0. The zero-order valence-electron chi connectivity index (χ0n) is 48.0. The van der Waals surface area contributed by atoms with Crippen molar-refractivity contribution in [2.24, 2.45) is 0 Å². The summed E-state index contributed by atoms with van der Waals surface area (Å²) in [5.41, 5.74) is 0. The van der Waals surface area contributed by atoms with Gasteiger partial charge in [0.1, 0.15) is 0 Å². The molecule has 0 spiro atoms. The summed E-state index contributed by atoms with van der Waals surface area (Å²) in [6.45, 7) is 4.96. The average Bonchev–Trinajstić information content (AvgIpc) is 3.37. The molecule has 6 nitrogen and oxygen atoms in total. The van der Waals surface area contributed by atoms with Gasteiger partial charge in [-0.3, -0.25) is 9.59 Å². The van der Waals surface area contributed by atoms with Crippen LogP contribution in [0.2, 0.25) is 0 Å². The lowest BCUT2D eigenvalue weighted by atomic mass is 10.0. The van der Waals surface area contributed by atoms with Gasteiger partial charge in [0.05, 0.1) is 25.4 Å². The number of carbonyl (C=O) groups excluding carboxylic acids is 2. The summed E-state index contributed by atoms with van der Waals surface area (Å²) >= 11 is 0. The number of hydrogen-bond donors (Lipinski definition) is 3. The first-order valence-electron chi connectivity index (χ1n) is 32.1. The standard InChI is InChI=1S/C65H125NO5/c1-3-5-7-9-11-13-15-17-18-19-28-31-35-39-43-47-51-55-59-65(70)71-60-56-52-48-44-40-36-32-29-26-24-22-20-21-23-25-27-30-34-38-42-46-50-54-58-64(69)66-62(61-67)63(68)57-53-49-45-41-37-33-16-14-12-10-8-6-4-2/h18-19,23,25,62-63,67-68H,3-17,20-22,24,26-61H2,1-2H3,(H,66,69)/b19-18-,25-23-. The number of rotatable bonds is 60. The zero-order chi connectivity index (χ0) is 51.4. The highest BCUT2D eigenvalue weighted by atomic mass is 16.5. The molecule has 1 amide bonds. The number of unbranched alkanes of at least 4 members (excludes halogenated alkanes) is 45. The molecular weight excluding hydrogens is 875 g/mol. The molecule has 0 radical (unpaired) electrons. The summed E-state index contributed by atoms with van der Waals surface area (Å²) in [6.07, 6.45) is 74.8. The quantitative estimate of drug-likeness (QED) is 0.0320. The second-order valence-electron chi connectivity index (χ2n) is 22.1. The second-order valence-corrected chi connectivity index (χ2v) is 22.1. The summed E-state index contributed by atoms with van der Waals surface area (Å²) in [4.78, 5) is 24.6. The van der Waals surface area contributed by atoms with Crippen molar-refractivity contribution in [2.45, 2.75) is 366 Å². The first kappa shape index (κ1) is 69.3. The van der Waals surface area contributed by atoms with E-state index in [1.54, 1.807) is 0 Å². The molecule has 0 aliphatic rings. The van der Waals surface area contributed by atoms with E-state index in [9.17, 15) is 19.8 Å². The number of nitrogens with one attached hydrogen (secondary N) is 1. The van der Waals surface area contributed by atoms with Crippen LogP contribution < -0.4 is 5.32 Å². The van der Waals surface area contributed by atoms with Crippen LogP contribution in [0.4, 0.5) is 0 Å². The molecule has 2 unspecified atom stereocenters. The molecule has 0 heterocycles. The molecule has 0 saturated heterocycles. The Kier molecular flexibility index (Phi) is 59.5. The maximum atomic E-state index is 12.5. The lowest BCUT2D eigenvalue weighted by Crippen LogP contribution is -2.45. The Morgan fingerprint density at radius 3 is 1.00 bits per heavy atom. The van der Waals surface area contributed by atoms with Crippen molar-refractivity contribution in [2.75, 3.05) is 13.2 Å². The van der Waals surface area contributed by atoms with Crippen LogP contribution in [0.1, 0.15) is 354 Å². The van der Waals surface area contributed by atoms with Crippen molar-refractivity contribution in [3.8, 4) is 0 Å². The Morgan fingerprint density at radius 2 is 0.662 bits per heavy atom. The van der Waals surface area contributed by atoms with Gasteiger partial charge in [-0.15, -0.1) is 0 Å². The van der Waals surface area contributed by atoms with Crippen LogP contribution in [0.15, 0.2) is 24.3 Å². The van der Waals surface area contributed by atoms with Crippen molar-refractivity contribution >= 4 is 11.9 Å². The molecule has 420 valence electrons. The van der Waals surface area contributed by atoms with Gasteiger partial charge < -0.3 is 20.3 Å². The fourth-order valence-corrected chi connectivity index (χ4v) is 10.0. The SMILES string of the molecule is CCCCCCCCC/C=C\CCCCCCCCCC(=O)OCCCCCCCCCCCCCC/C=C\CCCCCCCCCC(=O)NC(CO)C(O)CCCCCCCCCCCCCCC. The zero-order valence-corrected chi connectivity index (χ0v) is 48.0. The highest BCUT2D eigenvalue weighted by molar-refractivity contribution is 5.76. The van der Waals surface area contributed by atoms with Gasteiger partial charge in [-0.2, -0.15) is 0 Å². The Hall–Kier alpha value is -1.66. The number of esters is 1. The molecule has 0 aromatic heterocycles. The van der Waals surface area contributed by atoms with E-state index in [1.807, 2.05) is 0 Å². The minimum atomic E-state index is -0.667. The summed E-state index contributed by atoms with van der Waals surface area (Å²) < 4.78 is 5.50. The highest BCUT2D eigenvalue weighted by Crippen LogP contribution is 2.18. The Bertz CT molecular complexity index is 1110. The third-order valence-corrected chi connectivity index (χ3v) is 15.0. The first-order valence-corrected chi connectivity index (χ1v) is 32.1. The third kappa shape index (κ3) is 57.5. The van der Waals surface area contributed by atoms with Crippen molar-refractivity contribution < 1.29 is 24.5 Å². The Morgan fingerprint density at radius 1 is 0.380 bits per heavy atom. The van der Waals surface area contributed by atoms with Gasteiger partial charge in [0, 0.05) is 12.8 Å². The van der Waals surface area contributed by atoms with Crippen molar-refractivity contribution in [1.82, 2.24) is 5.32 Å². The fraction of sp³-hybridized carbons (Fsp3) is 0.908. The number of amides is 1. The minimum absolute atomic E-state index is 0.00905. The van der Waals surface area contributed by atoms with Crippen LogP contribution in [-0.4, -0.2) is 47.4 Å². The van der Waals surface area contributed by atoms with Crippen molar-refractivity contribution in [1.29, 1.82) is 0 Å². The summed E-state index contributed by atoms with van der Waals surface area (Å²) in [5.74, 6) is -0.0311. The summed E-state index contributed by atoms with van der Waals surface area (Å²) in [6, 6.07) is -0.545. The van der Waals surface area contributed by atoms with Gasteiger partial charge in [0.2, 0.25) is 5.91 Å². The molecule has 3 N–H and O–H groups in total. The normalized spacial score (nSPS) is 12.7. The van der Waals surface area contributed by atoms with Gasteiger partial charge in [0.15, 0.2) is 0 Å². The topological polar surface area (TPSA) is 95.9 Å². The lowest BCUT2D eigenvalue weighted by molar-refractivity contribution is -0.143. The predicted molar refractivity (Wildman–Crippen MR) is 310 cm³/mol. The van der Waals surface area contributed by atoms with E-state index in [0.29, 0.717) is 25.9 Å². The Labute approximate surface area is 443 Å². The van der Waals surface area contributed by atoms with E-state index >= 15 is 0 Å². The lowest BCUT2D eigenvalue weighted by Gasteiger charge is -2.22. The highest BCUT2D eigenvalue weighted by Gasteiger charge is 2.20. The first-order chi connectivity index (χ1) is 35.0. The van der Waals surface area contributed by atoms with Gasteiger partial charge in [0.25, 0.3) is 0 Å². The van der Waals surface area contributed by atoms with Gasteiger partial charge in [-0.1, -0.05) is 289 Å². The van der Waals surface area contributed by atoms with E-state index in [2.05, 4.69) is 43.5 Å². The van der Waals surface area contributed by atoms with Gasteiger partial charge in [-0.25, -0.2) is 0 Å². The van der Waals surface area contributed by atoms with Crippen LogP contribution >= 0.6 is 0 Å². The van der Waals surface area contributed by atoms with E-state index in [0.717, 1.165) is 44.9 Å². The smallest absolute Gasteiger partial charge is 0.305 e. The molecule has 0 aliphatic carbocycles. The van der Waals surface area contributed by atoms with Gasteiger partial charge >= 0.3 is 5.97 Å². The van der Waals surface area contributed by atoms with Crippen LogP contribution in [0.5, 0.6) is 0 Å². The molecule has 0 aliphatic heterocycles. The largest absolute Gasteiger partial charge is 0.466 e. The predicted octanol–water partition coefficient (Wildman–Crippen LogP) is 20.2. The van der Waals surface area contributed by atoms with Crippen molar-refractivity contribution in [3.63, 3.8) is 0 Å². The molecule has 2 atom stereocenters. The molecule has 0 aromatic rings. The Balaban J connectivity index is 3.38. The number of aliphatic hydroxyl groups excluding tert-OH is 2. The molecular formula is C65H125NO5. The van der Waals surface area contributed by atoms with E-state index in [4.69, 9.17) is 4.74 Å². The maximum Gasteiger partial charge on any atom is 0.305 e. The monoisotopic (exact) mass is 1000 g/mol. The number of aliphatic hydroxyl groups is 2. The molecule has 0 aromatic carbocycles. The average molecular weight is 1000 g/mol. The van der Waals surface area contributed by atoms with Crippen LogP contribution in [0, 0.1) is 0 Å².